The Hall–Kier alpha value is -4.57. The number of nitrogens with zero attached hydrogens (tertiary/aromatic N) is 3. The molecule has 0 saturated heterocycles. The summed E-state index contributed by atoms with van der Waals surface area (Å²) in [6.07, 6.45) is 3.96. The second-order valence-corrected chi connectivity index (χ2v) is 9.00. The first-order valence-corrected chi connectivity index (χ1v) is 11.9. The number of rotatable bonds is 9. The lowest BCUT2D eigenvalue weighted by Crippen LogP contribution is -2.37. The van der Waals surface area contributed by atoms with Crippen molar-refractivity contribution in [3.05, 3.63) is 108 Å². The van der Waals surface area contributed by atoms with E-state index in [2.05, 4.69) is 35.2 Å². The lowest BCUT2D eigenvalue weighted by atomic mass is 10.0. The van der Waals surface area contributed by atoms with E-state index in [1.165, 1.54) is 5.56 Å². The molecule has 0 spiro atoms. The number of anilines is 2. The van der Waals surface area contributed by atoms with E-state index >= 15 is 0 Å². The summed E-state index contributed by atoms with van der Waals surface area (Å²) >= 11 is 0. The fourth-order valence-electron chi connectivity index (χ4n) is 4.13. The quantitative estimate of drug-likeness (QED) is 0.292. The number of phenolic OH excluding ortho intramolecular Hbond substituents is 1. The van der Waals surface area contributed by atoms with Crippen LogP contribution in [-0.2, 0) is 11.2 Å². The monoisotopic (exact) mass is 479 g/mol. The van der Waals surface area contributed by atoms with Gasteiger partial charge in [-0.15, -0.1) is 0 Å². The van der Waals surface area contributed by atoms with Gasteiger partial charge >= 0.3 is 0 Å². The molecule has 0 bridgehead atoms. The number of aromatic amines is 1. The second-order valence-electron chi connectivity index (χ2n) is 9.00. The van der Waals surface area contributed by atoms with E-state index in [9.17, 15) is 15.2 Å². The van der Waals surface area contributed by atoms with Gasteiger partial charge in [0, 0.05) is 17.6 Å². The van der Waals surface area contributed by atoms with Crippen molar-refractivity contribution in [1.29, 1.82) is 5.26 Å². The Labute approximate surface area is 211 Å². The molecule has 0 saturated carbocycles. The van der Waals surface area contributed by atoms with Crippen LogP contribution >= 0.6 is 0 Å². The van der Waals surface area contributed by atoms with Crippen LogP contribution in [0.25, 0.3) is 0 Å². The van der Waals surface area contributed by atoms with Crippen LogP contribution in [0.3, 0.4) is 0 Å². The minimum atomic E-state index is -0.302. The zero-order valence-corrected chi connectivity index (χ0v) is 20.3. The number of benzene rings is 3. The topological polar surface area (TPSA) is 105 Å². The van der Waals surface area contributed by atoms with Gasteiger partial charge in [-0.05, 0) is 65.9 Å². The molecule has 3 aromatic carbocycles. The Bertz CT molecular complexity index is 1320. The Morgan fingerprint density at radius 3 is 2.50 bits per heavy atom. The summed E-state index contributed by atoms with van der Waals surface area (Å²) in [5, 5.41) is 22.2. The molecule has 7 nitrogen and oxygen atoms in total. The number of phenols is 1. The Kier molecular flexibility index (Phi) is 7.66. The van der Waals surface area contributed by atoms with E-state index in [-0.39, 0.29) is 24.2 Å². The number of carbonyl (C=O) groups is 1. The van der Waals surface area contributed by atoms with Crippen LogP contribution in [0.1, 0.15) is 48.2 Å². The predicted molar refractivity (Wildman–Crippen MR) is 141 cm³/mol. The van der Waals surface area contributed by atoms with E-state index in [4.69, 9.17) is 0 Å². The van der Waals surface area contributed by atoms with Crippen molar-refractivity contribution in [2.24, 2.45) is 0 Å². The zero-order valence-electron chi connectivity index (χ0n) is 20.3. The number of nitriles is 1. The number of aromatic nitrogens is 2. The molecule has 4 rings (SSSR count). The van der Waals surface area contributed by atoms with E-state index in [1.807, 2.05) is 59.6 Å². The molecule has 0 radical (unpaired) electrons. The molecule has 1 amide bonds. The molecular weight excluding hydrogens is 450 g/mol. The summed E-state index contributed by atoms with van der Waals surface area (Å²) < 4.78 is 0. The van der Waals surface area contributed by atoms with E-state index in [0.717, 1.165) is 22.6 Å². The van der Waals surface area contributed by atoms with Gasteiger partial charge in [0.15, 0.2) is 0 Å². The average Bonchev–Trinajstić information content (AvgIpc) is 3.42. The molecular formula is C29H29N5O2. The maximum absolute atomic E-state index is 13.3. The highest BCUT2D eigenvalue weighted by Crippen LogP contribution is 2.30. The first-order chi connectivity index (χ1) is 17.4. The van der Waals surface area contributed by atoms with Gasteiger partial charge in [-0.25, -0.2) is 4.98 Å². The highest BCUT2D eigenvalue weighted by atomic mass is 16.3. The van der Waals surface area contributed by atoms with Crippen LogP contribution in [0.5, 0.6) is 5.75 Å². The fourth-order valence-corrected chi connectivity index (χ4v) is 4.13. The molecule has 4 aromatic rings. The largest absolute Gasteiger partial charge is 0.508 e. The van der Waals surface area contributed by atoms with Crippen molar-refractivity contribution in [3.8, 4) is 11.8 Å². The Balaban J connectivity index is 1.66. The molecule has 0 fully saturated rings. The van der Waals surface area contributed by atoms with Gasteiger partial charge in [0.25, 0.3) is 0 Å². The summed E-state index contributed by atoms with van der Waals surface area (Å²) in [7, 11) is 0. The number of aromatic hydroxyl groups is 1. The van der Waals surface area contributed by atoms with Gasteiger partial charge in [-0.3, -0.25) is 4.79 Å². The van der Waals surface area contributed by atoms with Crippen LogP contribution in [0, 0.1) is 11.3 Å². The number of hydrogen-bond acceptors (Lipinski definition) is 5. The molecule has 7 heteroatoms. The van der Waals surface area contributed by atoms with Crippen molar-refractivity contribution in [1.82, 2.24) is 9.97 Å². The summed E-state index contributed by atoms with van der Waals surface area (Å²) in [6.45, 7) is 4.31. The minimum absolute atomic E-state index is 0.0520. The Morgan fingerprint density at radius 2 is 1.86 bits per heavy atom. The minimum Gasteiger partial charge on any atom is -0.508 e. The Morgan fingerprint density at radius 1 is 1.11 bits per heavy atom. The lowest BCUT2D eigenvalue weighted by Gasteiger charge is -2.32. The SMILES string of the molecule is CC(C)c1ccc(NC(=O)CN(c2cccc(C#N)c2)C(Cc2ccc(O)cc2)c2c[nH]cn2)cc1. The summed E-state index contributed by atoms with van der Waals surface area (Å²) in [5.41, 5.74) is 4.92. The highest BCUT2D eigenvalue weighted by Gasteiger charge is 2.26. The van der Waals surface area contributed by atoms with E-state index < -0.39 is 0 Å². The normalized spacial score (nSPS) is 11.6. The zero-order chi connectivity index (χ0) is 25.5. The summed E-state index contributed by atoms with van der Waals surface area (Å²) in [5.74, 6) is 0.421. The van der Waals surface area contributed by atoms with Crippen molar-refractivity contribution >= 4 is 17.3 Å². The van der Waals surface area contributed by atoms with Crippen LogP contribution in [0.15, 0.2) is 85.3 Å². The number of imidazole rings is 1. The van der Waals surface area contributed by atoms with Crippen molar-refractivity contribution in [3.63, 3.8) is 0 Å². The molecule has 1 atom stereocenters. The van der Waals surface area contributed by atoms with Gasteiger partial charge in [0.2, 0.25) is 5.91 Å². The molecule has 1 unspecified atom stereocenters. The number of amides is 1. The van der Waals surface area contributed by atoms with Crippen molar-refractivity contribution < 1.29 is 9.90 Å². The maximum atomic E-state index is 13.3. The van der Waals surface area contributed by atoms with Gasteiger partial charge in [0.1, 0.15) is 5.75 Å². The summed E-state index contributed by atoms with van der Waals surface area (Å²) in [4.78, 5) is 22.7. The first kappa shape index (κ1) is 24.6. The molecule has 1 heterocycles. The summed E-state index contributed by atoms with van der Waals surface area (Å²) in [6, 6.07) is 24.0. The first-order valence-electron chi connectivity index (χ1n) is 11.9. The molecule has 3 N–H and O–H groups in total. The molecule has 0 aliphatic rings. The molecule has 0 aliphatic carbocycles. The standard InChI is InChI=1S/C29H29N5O2/c1-20(2)23-8-10-24(11-9-23)33-29(36)18-34(25-5-3-4-22(14-25)16-30)28(27-17-31-19-32-27)15-21-6-12-26(35)13-7-21/h3-14,17,19-20,28,35H,15,18H2,1-2H3,(H,31,32)(H,33,36). The molecule has 36 heavy (non-hydrogen) atoms. The fraction of sp³-hybridized carbons (Fsp3) is 0.207. The van der Waals surface area contributed by atoms with Crippen molar-refractivity contribution in [2.75, 3.05) is 16.8 Å². The third-order valence-corrected chi connectivity index (χ3v) is 6.08. The van der Waals surface area contributed by atoms with Crippen LogP contribution in [0.4, 0.5) is 11.4 Å². The number of H-pyrrole nitrogens is 1. The average molecular weight is 480 g/mol. The van der Waals surface area contributed by atoms with E-state index in [1.54, 1.807) is 30.6 Å². The number of hydrogen-bond donors (Lipinski definition) is 3. The highest BCUT2D eigenvalue weighted by molar-refractivity contribution is 5.94. The predicted octanol–water partition coefficient (Wildman–Crippen LogP) is 5.54. The second kappa shape index (κ2) is 11.2. The van der Waals surface area contributed by atoms with Crippen LogP contribution in [-0.4, -0.2) is 27.5 Å². The maximum Gasteiger partial charge on any atom is 0.243 e. The third-order valence-electron chi connectivity index (χ3n) is 6.08. The molecule has 1 aromatic heterocycles. The number of carbonyl (C=O) groups excluding carboxylic acids is 1. The van der Waals surface area contributed by atoms with Crippen LogP contribution < -0.4 is 10.2 Å². The van der Waals surface area contributed by atoms with Gasteiger partial charge < -0.3 is 20.3 Å². The third kappa shape index (κ3) is 6.10. The molecule has 182 valence electrons. The number of nitrogens with one attached hydrogen (secondary N) is 2. The smallest absolute Gasteiger partial charge is 0.243 e. The molecule has 0 aliphatic heterocycles. The van der Waals surface area contributed by atoms with Gasteiger partial charge in [0.05, 0.1) is 36.2 Å². The van der Waals surface area contributed by atoms with Gasteiger partial charge in [-0.1, -0.05) is 44.2 Å². The van der Waals surface area contributed by atoms with Gasteiger partial charge in [-0.2, -0.15) is 5.26 Å². The van der Waals surface area contributed by atoms with Crippen molar-refractivity contribution in [2.45, 2.75) is 32.2 Å². The lowest BCUT2D eigenvalue weighted by molar-refractivity contribution is -0.115. The van der Waals surface area contributed by atoms with E-state index in [0.29, 0.717) is 17.9 Å². The van der Waals surface area contributed by atoms with Crippen LogP contribution in [0.2, 0.25) is 0 Å².